The van der Waals surface area contributed by atoms with Crippen LogP contribution in [0, 0.1) is 12.7 Å². The van der Waals surface area contributed by atoms with E-state index in [1.54, 1.807) is 18.4 Å². The highest BCUT2D eigenvalue weighted by atomic mass is 32.1. The molecule has 2 aromatic rings. The molecule has 0 saturated carbocycles. The van der Waals surface area contributed by atoms with E-state index in [0.717, 1.165) is 0 Å². The van der Waals surface area contributed by atoms with Gasteiger partial charge in [-0.25, -0.2) is 4.39 Å². The molecular weight excluding hydrogens is 307 g/mol. The quantitative estimate of drug-likeness (QED) is 0.753. The molecule has 22 heavy (non-hydrogen) atoms. The molecule has 0 fully saturated rings. The minimum absolute atomic E-state index is 0.0641. The summed E-state index contributed by atoms with van der Waals surface area (Å²) >= 11 is 1.43. The number of carbonyl (C=O) groups is 2. The second kappa shape index (κ2) is 7.15. The first-order chi connectivity index (χ1) is 10.5. The minimum atomic E-state index is -0.868. The zero-order valence-electron chi connectivity index (χ0n) is 11.8. The molecule has 3 N–H and O–H groups in total. The fourth-order valence-corrected chi connectivity index (χ4v) is 2.51. The Labute approximate surface area is 130 Å². The fourth-order valence-electron chi connectivity index (χ4n) is 1.80. The van der Waals surface area contributed by atoms with E-state index in [4.69, 9.17) is 0 Å². The van der Waals surface area contributed by atoms with E-state index in [9.17, 15) is 19.1 Å². The Bertz CT molecular complexity index is 673. The van der Waals surface area contributed by atoms with Gasteiger partial charge in [-0.1, -0.05) is 0 Å². The number of aliphatic hydroxyl groups excluding tert-OH is 1. The molecule has 1 aromatic heterocycles. The highest BCUT2D eigenvalue weighted by Crippen LogP contribution is 2.16. The van der Waals surface area contributed by atoms with Gasteiger partial charge in [0.15, 0.2) is 0 Å². The van der Waals surface area contributed by atoms with Gasteiger partial charge >= 0.3 is 11.8 Å². The molecule has 0 aliphatic heterocycles. The van der Waals surface area contributed by atoms with Gasteiger partial charge in [0, 0.05) is 12.2 Å². The van der Waals surface area contributed by atoms with E-state index in [0.29, 0.717) is 16.8 Å². The number of hydrogen-bond donors (Lipinski definition) is 3. The van der Waals surface area contributed by atoms with Gasteiger partial charge in [0.1, 0.15) is 5.82 Å². The Hall–Kier alpha value is -2.25. The summed E-state index contributed by atoms with van der Waals surface area (Å²) in [5, 5.41) is 18.1. The summed E-state index contributed by atoms with van der Waals surface area (Å²) in [5.74, 6) is -2.15. The van der Waals surface area contributed by atoms with Crippen LogP contribution < -0.4 is 10.6 Å². The van der Waals surface area contributed by atoms with E-state index in [2.05, 4.69) is 10.6 Å². The van der Waals surface area contributed by atoms with Gasteiger partial charge in [-0.15, -0.1) is 0 Å². The van der Waals surface area contributed by atoms with E-state index in [1.807, 2.05) is 5.38 Å². The zero-order valence-corrected chi connectivity index (χ0v) is 12.6. The SMILES string of the molecule is Cc1cc(F)ccc1NC(=O)C(=O)NCC(O)c1ccsc1. The fraction of sp³-hybridized carbons (Fsp3) is 0.200. The summed E-state index contributed by atoms with van der Waals surface area (Å²) in [7, 11) is 0. The largest absolute Gasteiger partial charge is 0.387 e. The molecule has 0 aliphatic carbocycles. The smallest absolute Gasteiger partial charge is 0.313 e. The third kappa shape index (κ3) is 4.12. The molecule has 1 unspecified atom stereocenters. The normalized spacial score (nSPS) is 11.8. The predicted molar refractivity (Wildman–Crippen MR) is 82.1 cm³/mol. The van der Waals surface area contributed by atoms with Crippen molar-refractivity contribution in [3.8, 4) is 0 Å². The lowest BCUT2D eigenvalue weighted by molar-refractivity contribution is -0.136. The Balaban J connectivity index is 1.88. The van der Waals surface area contributed by atoms with Crippen LogP contribution in [0.5, 0.6) is 0 Å². The Morgan fingerprint density at radius 2 is 2.09 bits per heavy atom. The van der Waals surface area contributed by atoms with Crippen LogP contribution in [0.15, 0.2) is 35.0 Å². The second-order valence-electron chi connectivity index (χ2n) is 4.70. The topological polar surface area (TPSA) is 78.4 Å². The first-order valence-electron chi connectivity index (χ1n) is 6.53. The van der Waals surface area contributed by atoms with E-state index >= 15 is 0 Å². The third-order valence-corrected chi connectivity index (χ3v) is 3.73. The van der Waals surface area contributed by atoms with Crippen molar-refractivity contribution >= 4 is 28.8 Å². The van der Waals surface area contributed by atoms with Gasteiger partial charge in [0.2, 0.25) is 0 Å². The van der Waals surface area contributed by atoms with Gasteiger partial charge < -0.3 is 15.7 Å². The van der Waals surface area contributed by atoms with Gasteiger partial charge in [0.05, 0.1) is 6.10 Å². The number of thiophene rings is 1. The van der Waals surface area contributed by atoms with Crippen LogP contribution in [0.1, 0.15) is 17.2 Å². The zero-order chi connectivity index (χ0) is 16.1. The van der Waals surface area contributed by atoms with Crippen molar-refractivity contribution in [1.82, 2.24) is 5.32 Å². The van der Waals surface area contributed by atoms with Crippen molar-refractivity contribution in [3.05, 3.63) is 52.0 Å². The number of halogens is 1. The van der Waals surface area contributed by atoms with Crippen molar-refractivity contribution in [2.24, 2.45) is 0 Å². The number of hydrogen-bond acceptors (Lipinski definition) is 4. The summed E-state index contributed by atoms with van der Waals surface area (Å²) in [4.78, 5) is 23.4. The van der Waals surface area contributed by atoms with Crippen molar-refractivity contribution < 1.29 is 19.1 Å². The number of rotatable bonds is 4. The summed E-state index contributed by atoms with van der Waals surface area (Å²) in [5.41, 5.74) is 1.56. The van der Waals surface area contributed by atoms with Crippen LogP contribution in [0.25, 0.3) is 0 Å². The Morgan fingerprint density at radius 1 is 1.32 bits per heavy atom. The number of nitrogens with one attached hydrogen (secondary N) is 2. The maximum absolute atomic E-state index is 13.0. The van der Waals surface area contributed by atoms with Gasteiger partial charge in [0.25, 0.3) is 0 Å². The molecule has 5 nitrogen and oxygen atoms in total. The highest BCUT2D eigenvalue weighted by Gasteiger charge is 2.17. The molecule has 0 radical (unpaired) electrons. The average molecular weight is 322 g/mol. The number of carbonyl (C=O) groups excluding carboxylic acids is 2. The van der Waals surface area contributed by atoms with Crippen LogP contribution in [-0.2, 0) is 9.59 Å². The Morgan fingerprint density at radius 3 is 2.73 bits per heavy atom. The summed E-state index contributed by atoms with van der Waals surface area (Å²) in [6, 6.07) is 5.58. The van der Waals surface area contributed by atoms with Gasteiger partial charge in [-0.05, 0) is 53.1 Å². The summed E-state index contributed by atoms with van der Waals surface area (Å²) in [6.07, 6.45) is -0.865. The molecule has 116 valence electrons. The maximum Gasteiger partial charge on any atom is 0.313 e. The number of anilines is 1. The summed E-state index contributed by atoms with van der Waals surface area (Å²) in [6.45, 7) is 1.56. The number of aryl methyl sites for hydroxylation is 1. The number of benzene rings is 1. The van der Waals surface area contributed by atoms with E-state index < -0.39 is 23.7 Å². The summed E-state index contributed by atoms with van der Waals surface area (Å²) < 4.78 is 13.0. The molecule has 0 bridgehead atoms. The third-order valence-electron chi connectivity index (χ3n) is 3.03. The van der Waals surface area contributed by atoms with Crippen LogP contribution in [-0.4, -0.2) is 23.5 Å². The lowest BCUT2D eigenvalue weighted by atomic mass is 10.2. The monoisotopic (exact) mass is 322 g/mol. The number of amides is 2. The molecular formula is C15H15FN2O3S. The van der Waals surface area contributed by atoms with Gasteiger partial charge in [-0.2, -0.15) is 11.3 Å². The second-order valence-corrected chi connectivity index (χ2v) is 5.48. The molecule has 0 spiro atoms. The number of aliphatic hydroxyl groups is 1. The first kappa shape index (κ1) is 16.1. The van der Waals surface area contributed by atoms with E-state index in [1.165, 1.54) is 29.5 Å². The van der Waals surface area contributed by atoms with Crippen molar-refractivity contribution in [3.63, 3.8) is 0 Å². The molecule has 0 saturated heterocycles. The molecule has 1 aromatic carbocycles. The predicted octanol–water partition coefficient (Wildman–Crippen LogP) is 1.98. The van der Waals surface area contributed by atoms with Gasteiger partial charge in [-0.3, -0.25) is 9.59 Å². The lowest BCUT2D eigenvalue weighted by Gasteiger charge is -2.11. The lowest BCUT2D eigenvalue weighted by Crippen LogP contribution is -2.37. The molecule has 0 aliphatic rings. The average Bonchev–Trinajstić information content (AvgIpc) is 3.01. The van der Waals surface area contributed by atoms with Crippen LogP contribution in [0.4, 0.5) is 10.1 Å². The molecule has 1 atom stereocenters. The van der Waals surface area contributed by atoms with Crippen molar-refractivity contribution in [2.75, 3.05) is 11.9 Å². The maximum atomic E-state index is 13.0. The van der Waals surface area contributed by atoms with E-state index in [-0.39, 0.29) is 6.54 Å². The first-order valence-corrected chi connectivity index (χ1v) is 7.47. The standard InChI is InChI=1S/C15H15FN2O3S/c1-9-6-11(16)2-3-12(9)18-15(21)14(20)17-7-13(19)10-4-5-22-8-10/h2-6,8,13,19H,7H2,1H3,(H,17,20)(H,18,21). The molecule has 7 heteroatoms. The molecule has 2 amide bonds. The minimum Gasteiger partial charge on any atom is -0.387 e. The van der Waals surface area contributed by atoms with Crippen LogP contribution >= 0.6 is 11.3 Å². The molecule has 1 heterocycles. The highest BCUT2D eigenvalue weighted by molar-refractivity contribution is 7.07. The van der Waals surface area contributed by atoms with Crippen molar-refractivity contribution in [2.45, 2.75) is 13.0 Å². The van der Waals surface area contributed by atoms with Crippen LogP contribution in [0.2, 0.25) is 0 Å². The molecule has 2 rings (SSSR count). The van der Waals surface area contributed by atoms with Crippen molar-refractivity contribution in [1.29, 1.82) is 0 Å². The Kier molecular flexibility index (Phi) is 5.24. The van der Waals surface area contributed by atoms with Crippen LogP contribution in [0.3, 0.4) is 0 Å².